The molecule has 0 aliphatic rings. The lowest BCUT2D eigenvalue weighted by Gasteiger charge is -1.98. The second-order valence-corrected chi connectivity index (χ2v) is 4.21. The Kier molecular flexibility index (Phi) is 3.86. The molecule has 0 atom stereocenters. The van der Waals surface area contributed by atoms with Gasteiger partial charge in [-0.2, -0.15) is 0 Å². The fourth-order valence-corrected chi connectivity index (χ4v) is 1.72. The molecular formula is C12H14N4O3. The predicted molar refractivity (Wildman–Crippen MR) is 68.5 cm³/mol. The lowest BCUT2D eigenvalue weighted by molar-refractivity contribution is -0.384. The number of nitrogens with zero attached hydrogens (tertiary/aromatic N) is 3. The highest BCUT2D eigenvalue weighted by Gasteiger charge is 2.14. The molecule has 0 fully saturated rings. The van der Waals surface area contributed by atoms with Gasteiger partial charge in [-0.1, -0.05) is 0 Å². The van der Waals surface area contributed by atoms with Crippen molar-refractivity contribution < 1.29 is 9.34 Å². The zero-order valence-electron chi connectivity index (χ0n) is 10.5. The fourth-order valence-electron chi connectivity index (χ4n) is 1.72. The van der Waals surface area contributed by atoms with Crippen molar-refractivity contribution >= 4 is 5.69 Å². The van der Waals surface area contributed by atoms with Crippen LogP contribution in [-0.2, 0) is 6.42 Å². The van der Waals surface area contributed by atoms with Gasteiger partial charge in [-0.3, -0.25) is 10.1 Å². The van der Waals surface area contributed by atoms with Crippen LogP contribution in [0.5, 0.6) is 0 Å². The summed E-state index contributed by atoms with van der Waals surface area (Å²) < 4.78 is 5.46. The maximum absolute atomic E-state index is 10.8. The molecule has 19 heavy (non-hydrogen) atoms. The maximum Gasteiger partial charge on any atom is 0.270 e. The average molecular weight is 262 g/mol. The molecule has 0 aliphatic heterocycles. The normalized spacial score (nSPS) is 10.6. The van der Waals surface area contributed by atoms with Gasteiger partial charge in [0.15, 0.2) is 0 Å². The summed E-state index contributed by atoms with van der Waals surface area (Å²) in [5, 5.41) is 18.6. The zero-order valence-corrected chi connectivity index (χ0v) is 10.5. The van der Waals surface area contributed by atoms with Gasteiger partial charge in [-0.05, 0) is 31.5 Å². The summed E-state index contributed by atoms with van der Waals surface area (Å²) in [5.41, 5.74) is 6.74. The summed E-state index contributed by atoms with van der Waals surface area (Å²) in [7, 11) is 0. The average Bonchev–Trinajstić information content (AvgIpc) is 2.84. The number of aryl methyl sites for hydroxylation is 2. The highest BCUT2D eigenvalue weighted by Crippen LogP contribution is 2.25. The van der Waals surface area contributed by atoms with Crippen LogP contribution in [-0.4, -0.2) is 21.7 Å². The number of non-ortho nitro benzene ring substituents is 1. The first-order valence-corrected chi connectivity index (χ1v) is 5.89. The van der Waals surface area contributed by atoms with E-state index in [2.05, 4.69) is 10.2 Å². The van der Waals surface area contributed by atoms with E-state index >= 15 is 0 Å². The fraction of sp³-hybridized carbons (Fsp3) is 0.333. The van der Waals surface area contributed by atoms with E-state index in [0.29, 0.717) is 30.3 Å². The van der Waals surface area contributed by atoms with Crippen LogP contribution >= 0.6 is 0 Å². The van der Waals surface area contributed by atoms with Gasteiger partial charge >= 0.3 is 0 Å². The maximum atomic E-state index is 10.8. The second kappa shape index (κ2) is 5.57. The van der Waals surface area contributed by atoms with Crippen LogP contribution < -0.4 is 5.73 Å². The molecule has 1 aromatic carbocycles. The van der Waals surface area contributed by atoms with Crippen LogP contribution in [0.15, 0.2) is 22.6 Å². The van der Waals surface area contributed by atoms with Crippen molar-refractivity contribution in [3.63, 3.8) is 0 Å². The molecule has 1 heterocycles. The van der Waals surface area contributed by atoms with Crippen LogP contribution in [0.1, 0.15) is 17.9 Å². The van der Waals surface area contributed by atoms with Gasteiger partial charge in [-0.15, -0.1) is 10.2 Å². The Labute approximate surface area is 109 Å². The number of nitrogens with two attached hydrogens (primary N) is 1. The van der Waals surface area contributed by atoms with E-state index in [4.69, 9.17) is 10.2 Å². The van der Waals surface area contributed by atoms with Gasteiger partial charge in [0, 0.05) is 24.1 Å². The van der Waals surface area contributed by atoms with Gasteiger partial charge in [0.1, 0.15) is 0 Å². The summed E-state index contributed by atoms with van der Waals surface area (Å²) in [6, 6.07) is 4.69. The molecule has 0 bridgehead atoms. The quantitative estimate of drug-likeness (QED) is 0.650. The Morgan fingerprint density at radius 1 is 1.37 bits per heavy atom. The minimum atomic E-state index is -0.442. The molecule has 7 heteroatoms. The molecule has 1 aromatic heterocycles. The third-order valence-electron chi connectivity index (χ3n) is 2.58. The molecule has 0 saturated heterocycles. The lowest BCUT2D eigenvalue weighted by Crippen LogP contribution is -2.00. The zero-order chi connectivity index (χ0) is 13.8. The third kappa shape index (κ3) is 3.14. The molecule has 7 nitrogen and oxygen atoms in total. The van der Waals surface area contributed by atoms with Gasteiger partial charge in [0.2, 0.25) is 11.8 Å². The van der Waals surface area contributed by atoms with Crippen molar-refractivity contribution in [2.45, 2.75) is 19.8 Å². The monoisotopic (exact) mass is 262 g/mol. The lowest BCUT2D eigenvalue weighted by atomic mass is 10.1. The minimum Gasteiger partial charge on any atom is -0.421 e. The van der Waals surface area contributed by atoms with E-state index in [1.165, 1.54) is 12.1 Å². The topological polar surface area (TPSA) is 108 Å². The number of nitro groups is 1. The van der Waals surface area contributed by atoms with E-state index in [-0.39, 0.29) is 5.69 Å². The molecule has 0 radical (unpaired) electrons. The molecule has 0 amide bonds. The SMILES string of the molecule is Cc1cc(-c2nnc(CCCN)o2)cc([N+](=O)[O-])c1. The Hall–Kier alpha value is -2.28. The molecule has 0 aliphatic carbocycles. The molecule has 2 N–H and O–H groups in total. The molecule has 2 rings (SSSR count). The van der Waals surface area contributed by atoms with Crippen LogP contribution in [0.3, 0.4) is 0 Å². The first-order chi connectivity index (χ1) is 9.10. The Morgan fingerprint density at radius 3 is 2.84 bits per heavy atom. The molecular weight excluding hydrogens is 248 g/mol. The van der Waals surface area contributed by atoms with Crippen LogP contribution in [0.4, 0.5) is 5.69 Å². The number of hydrogen-bond donors (Lipinski definition) is 1. The molecule has 0 saturated carbocycles. The van der Waals surface area contributed by atoms with E-state index in [1.807, 2.05) is 0 Å². The third-order valence-corrected chi connectivity index (χ3v) is 2.58. The van der Waals surface area contributed by atoms with Gasteiger partial charge in [0.25, 0.3) is 5.69 Å². The minimum absolute atomic E-state index is 0.0108. The Bertz CT molecular complexity index is 594. The standard InChI is InChI=1S/C12H14N4O3/c1-8-5-9(7-10(6-8)16(17)18)12-15-14-11(19-12)3-2-4-13/h5-7H,2-4,13H2,1H3. The molecule has 0 spiro atoms. The summed E-state index contributed by atoms with van der Waals surface area (Å²) >= 11 is 0. The smallest absolute Gasteiger partial charge is 0.270 e. The van der Waals surface area contributed by atoms with Gasteiger partial charge < -0.3 is 10.2 Å². The second-order valence-electron chi connectivity index (χ2n) is 4.21. The van der Waals surface area contributed by atoms with E-state index in [9.17, 15) is 10.1 Å². The number of nitro benzene ring substituents is 1. The van der Waals surface area contributed by atoms with Crippen molar-refractivity contribution in [3.8, 4) is 11.5 Å². The van der Waals surface area contributed by atoms with Crippen LogP contribution in [0, 0.1) is 17.0 Å². The van der Waals surface area contributed by atoms with Crippen LogP contribution in [0.2, 0.25) is 0 Å². The number of rotatable bonds is 5. The van der Waals surface area contributed by atoms with Crippen molar-refractivity contribution in [2.24, 2.45) is 5.73 Å². The Balaban J connectivity index is 2.30. The molecule has 0 unspecified atom stereocenters. The number of aromatic nitrogens is 2. The highest BCUT2D eigenvalue weighted by molar-refractivity contribution is 5.59. The summed E-state index contributed by atoms with van der Waals surface area (Å²) in [4.78, 5) is 10.4. The van der Waals surface area contributed by atoms with Crippen molar-refractivity contribution in [2.75, 3.05) is 6.54 Å². The van der Waals surface area contributed by atoms with Crippen LogP contribution in [0.25, 0.3) is 11.5 Å². The predicted octanol–water partition coefficient (Wildman–Crippen LogP) is 1.84. The Morgan fingerprint density at radius 2 is 2.16 bits per heavy atom. The summed E-state index contributed by atoms with van der Waals surface area (Å²) in [6.07, 6.45) is 1.37. The highest BCUT2D eigenvalue weighted by atomic mass is 16.6. The molecule has 2 aromatic rings. The first kappa shape index (κ1) is 13.2. The van der Waals surface area contributed by atoms with Crippen molar-refractivity contribution in [1.29, 1.82) is 0 Å². The summed E-state index contributed by atoms with van der Waals surface area (Å²) in [6.45, 7) is 2.33. The van der Waals surface area contributed by atoms with E-state index in [1.54, 1.807) is 13.0 Å². The number of hydrogen-bond acceptors (Lipinski definition) is 6. The number of benzene rings is 1. The van der Waals surface area contributed by atoms with Gasteiger partial charge in [-0.25, -0.2) is 0 Å². The van der Waals surface area contributed by atoms with Gasteiger partial charge in [0.05, 0.1) is 4.92 Å². The molecule has 100 valence electrons. The first-order valence-electron chi connectivity index (χ1n) is 5.89. The van der Waals surface area contributed by atoms with E-state index < -0.39 is 4.92 Å². The van der Waals surface area contributed by atoms with E-state index in [0.717, 1.165) is 12.0 Å². The van der Waals surface area contributed by atoms with Crippen molar-refractivity contribution in [1.82, 2.24) is 10.2 Å². The largest absolute Gasteiger partial charge is 0.421 e. The van der Waals surface area contributed by atoms with Crippen molar-refractivity contribution in [3.05, 3.63) is 39.8 Å². The summed E-state index contributed by atoms with van der Waals surface area (Å²) in [5.74, 6) is 0.781.